The van der Waals surface area contributed by atoms with Crippen LogP contribution in [0.2, 0.25) is 0 Å². The quantitative estimate of drug-likeness (QED) is 0.408. The molecule has 0 spiro atoms. The third-order valence-electron chi connectivity index (χ3n) is 3.92. The van der Waals surface area contributed by atoms with Crippen molar-refractivity contribution in [3.63, 3.8) is 0 Å². The second-order valence-corrected chi connectivity index (χ2v) is 6.05. The molecule has 0 N–H and O–H groups in total. The van der Waals surface area contributed by atoms with Crippen molar-refractivity contribution in [3.8, 4) is 17.1 Å². The monoisotopic (exact) mass is 404 g/mol. The van der Waals surface area contributed by atoms with Crippen molar-refractivity contribution in [1.82, 2.24) is 0 Å². The molecule has 0 amide bonds. The number of furan rings is 1. The van der Waals surface area contributed by atoms with Crippen LogP contribution in [0, 0.1) is 12.7 Å². The molecule has 0 bridgehead atoms. The fourth-order valence-electron chi connectivity index (χ4n) is 2.56. The van der Waals surface area contributed by atoms with Crippen molar-refractivity contribution in [2.75, 3.05) is 6.61 Å². The number of benzene rings is 2. The third kappa shape index (κ3) is 5.04. The average molecular weight is 404 g/mol. The fourth-order valence-corrected chi connectivity index (χ4v) is 2.56. The zero-order chi connectivity index (χ0) is 21.0. The fraction of sp³-hybridized carbons (Fsp3) is 0.143. The summed E-state index contributed by atoms with van der Waals surface area (Å²) in [5.41, 5.74) is 1.08. The van der Waals surface area contributed by atoms with E-state index >= 15 is 0 Å². The first-order valence-corrected chi connectivity index (χ1v) is 8.45. The number of ether oxygens (including phenoxy) is 2. The Morgan fingerprint density at radius 1 is 1.03 bits per heavy atom. The number of aryl methyl sites for hydroxylation is 1. The van der Waals surface area contributed by atoms with Crippen LogP contribution >= 0.6 is 0 Å². The summed E-state index contributed by atoms with van der Waals surface area (Å²) in [4.78, 5) is 24.5. The molecule has 150 valence electrons. The second-order valence-electron chi connectivity index (χ2n) is 6.05. The maximum Gasteiger partial charge on any atom is 0.387 e. The third-order valence-corrected chi connectivity index (χ3v) is 3.92. The molecule has 0 fully saturated rings. The predicted molar refractivity (Wildman–Crippen MR) is 96.5 cm³/mol. The van der Waals surface area contributed by atoms with Crippen molar-refractivity contribution in [1.29, 1.82) is 0 Å². The first-order chi connectivity index (χ1) is 13.8. The Labute approximate surface area is 163 Å². The first-order valence-electron chi connectivity index (χ1n) is 8.45. The van der Waals surface area contributed by atoms with Gasteiger partial charge in [-0.25, -0.2) is 9.18 Å². The van der Waals surface area contributed by atoms with Gasteiger partial charge in [0, 0.05) is 5.56 Å². The lowest BCUT2D eigenvalue weighted by Crippen LogP contribution is -2.16. The first kappa shape index (κ1) is 20.2. The number of Topliss-reactive ketones (excluding diaryl/α,β-unsaturated/α-hetero) is 1. The number of carbonyl (C=O) groups excluding carboxylic acids is 2. The van der Waals surface area contributed by atoms with Crippen LogP contribution in [-0.4, -0.2) is 25.0 Å². The zero-order valence-electron chi connectivity index (χ0n) is 15.2. The second kappa shape index (κ2) is 8.64. The maximum atomic E-state index is 13.0. The molecule has 2 aromatic carbocycles. The Kier molecular flexibility index (Phi) is 6.01. The molecule has 3 rings (SSSR count). The molecule has 0 unspecified atom stereocenters. The van der Waals surface area contributed by atoms with Gasteiger partial charge >= 0.3 is 12.6 Å². The van der Waals surface area contributed by atoms with E-state index in [1.165, 1.54) is 54.6 Å². The van der Waals surface area contributed by atoms with E-state index in [9.17, 15) is 22.8 Å². The van der Waals surface area contributed by atoms with Crippen molar-refractivity contribution in [3.05, 3.63) is 77.3 Å². The van der Waals surface area contributed by atoms with Gasteiger partial charge in [-0.15, -0.1) is 0 Å². The van der Waals surface area contributed by atoms with Crippen molar-refractivity contribution < 1.29 is 36.7 Å². The average Bonchev–Trinajstić information content (AvgIpc) is 3.17. The molecule has 1 aromatic heterocycles. The van der Waals surface area contributed by atoms with Crippen LogP contribution < -0.4 is 4.74 Å². The SMILES string of the molecule is Cc1ccc(OC(F)F)c(C(=O)COC(=O)c2ccc(-c3ccc(F)cc3)o2)c1. The molecule has 3 aromatic rings. The maximum absolute atomic E-state index is 13.0. The normalized spacial score (nSPS) is 10.8. The minimum absolute atomic E-state index is 0.121. The van der Waals surface area contributed by atoms with Gasteiger partial charge in [0.05, 0.1) is 5.56 Å². The minimum atomic E-state index is -3.10. The molecule has 1 heterocycles. The van der Waals surface area contributed by atoms with Gasteiger partial charge in [-0.1, -0.05) is 11.6 Å². The molecule has 5 nitrogen and oxygen atoms in total. The van der Waals surface area contributed by atoms with E-state index < -0.39 is 30.8 Å². The largest absolute Gasteiger partial charge is 0.451 e. The molecular formula is C21H15F3O5. The van der Waals surface area contributed by atoms with Gasteiger partial charge in [-0.3, -0.25) is 4.79 Å². The summed E-state index contributed by atoms with van der Waals surface area (Å²) in [7, 11) is 0. The molecule has 0 aliphatic rings. The van der Waals surface area contributed by atoms with Gasteiger partial charge in [0.2, 0.25) is 11.5 Å². The topological polar surface area (TPSA) is 65.7 Å². The van der Waals surface area contributed by atoms with E-state index in [4.69, 9.17) is 9.15 Å². The molecule has 0 atom stereocenters. The van der Waals surface area contributed by atoms with Gasteiger partial charge in [0.1, 0.15) is 17.3 Å². The lowest BCUT2D eigenvalue weighted by atomic mass is 10.1. The van der Waals surface area contributed by atoms with Crippen LogP contribution in [0.1, 0.15) is 26.5 Å². The van der Waals surface area contributed by atoms with Gasteiger partial charge < -0.3 is 13.9 Å². The van der Waals surface area contributed by atoms with Crippen LogP contribution in [0.25, 0.3) is 11.3 Å². The van der Waals surface area contributed by atoms with E-state index in [1.807, 2.05) is 0 Å². The van der Waals surface area contributed by atoms with Gasteiger partial charge in [0.25, 0.3) is 0 Å². The van der Waals surface area contributed by atoms with Crippen LogP contribution in [0.3, 0.4) is 0 Å². The Hall–Kier alpha value is -3.55. The summed E-state index contributed by atoms with van der Waals surface area (Å²) in [6.07, 6.45) is 0. The number of rotatable bonds is 7. The number of hydrogen-bond donors (Lipinski definition) is 0. The number of esters is 1. The lowest BCUT2D eigenvalue weighted by molar-refractivity contribution is -0.0502. The summed E-state index contributed by atoms with van der Waals surface area (Å²) < 4.78 is 52.6. The molecule has 0 aliphatic carbocycles. The van der Waals surface area contributed by atoms with Crippen LogP contribution in [-0.2, 0) is 4.74 Å². The Bertz CT molecular complexity index is 1030. The lowest BCUT2D eigenvalue weighted by Gasteiger charge is -2.11. The van der Waals surface area contributed by atoms with Crippen LogP contribution in [0.5, 0.6) is 5.75 Å². The summed E-state index contributed by atoms with van der Waals surface area (Å²) >= 11 is 0. The highest BCUT2D eigenvalue weighted by Gasteiger charge is 2.20. The highest BCUT2D eigenvalue weighted by molar-refractivity contribution is 6.01. The Balaban J connectivity index is 1.67. The van der Waals surface area contributed by atoms with Crippen molar-refractivity contribution >= 4 is 11.8 Å². The van der Waals surface area contributed by atoms with Crippen LogP contribution in [0.15, 0.2) is 59.0 Å². The summed E-state index contributed by atoms with van der Waals surface area (Å²) in [6, 6.07) is 12.4. The number of alkyl halides is 2. The molecule has 0 aliphatic heterocycles. The zero-order valence-corrected chi connectivity index (χ0v) is 15.2. The van der Waals surface area contributed by atoms with E-state index in [0.29, 0.717) is 16.9 Å². The standard InChI is InChI=1S/C21H15F3O5/c1-12-2-7-18(29-21(23)24)15(10-12)16(25)11-27-20(26)19-9-8-17(28-19)13-3-5-14(22)6-4-13/h2-10,21H,11H2,1H3. The van der Waals surface area contributed by atoms with E-state index in [1.54, 1.807) is 6.92 Å². The van der Waals surface area contributed by atoms with Crippen molar-refractivity contribution in [2.45, 2.75) is 13.5 Å². The molecule has 29 heavy (non-hydrogen) atoms. The van der Waals surface area contributed by atoms with E-state index in [-0.39, 0.29) is 17.1 Å². The van der Waals surface area contributed by atoms with Gasteiger partial charge in [-0.2, -0.15) is 8.78 Å². The van der Waals surface area contributed by atoms with Crippen LogP contribution in [0.4, 0.5) is 13.2 Å². The molecule has 0 radical (unpaired) electrons. The minimum Gasteiger partial charge on any atom is -0.451 e. The van der Waals surface area contributed by atoms with E-state index in [2.05, 4.69) is 4.74 Å². The summed E-state index contributed by atoms with van der Waals surface area (Å²) in [6.45, 7) is -2.11. The van der Waals surface area contributed by atoms with E-state index in [0.717, 1.165) is 0 Å². The number of hydrogen-bond acceptors (Lipinski definition) is 5. The Morgan fingerprint density at radius 3 is 2.45 bits per heavy atom. The molecular weight excluding hydrogens is 389 g/mol. The molecule has 0 saturated carbocycles. The van der Waals surface area contributed by atoms with Gasteiger partial charge in [0.15, 0.2) is 6.61 Å². The number of ketones is 1. The number of carbonyl (C=O) groups is 2. The van der Waals surface area contributed by atoms with Gasteiger partial charge in [-0.05, 0) is 55.5 Å². The summed E-state index contributed by atoms with van der Waals surface area (Å²) in [5.74, 6) is -2.17. The predicted octanol–water partition coefficient (Wildman–Crippen LogP) is 5.04. The smallest absolute Gasteiger partial charge is 0.387 e. The Morgan fingerprint density at radius 2 is 1.76 bits per heavy atom. The summed E-state index contributed by atoms with van der Waals surface area (Å²) in [5, 5.41) is 0. The highest BCUT2D eigenvalue weighted by atomic mass is 19.3. The molecule has 0 saturated heterocycles. The molecule has 8 heteroatoms. The number of halogens is 3. The highest BCUT2D eigenvalue weighted by Crippen LogP contribution is 2.24. The van der Waals surface area contributed by atoms with Crippen molar-refractivity contribution in [2.24, 2.45) is 0 Å².